The molecular weight excluding hydrogens is 607 g/mol. The van der Waals surface area contributed by atoms with E-state index in [1.165, 1.54) is 15.9 Å². The van der Waals surface area contributed by atoms with Crippen LogP contribution in [0.4, 0.5) is 24.5 Å². The van der Waals surface area contributed by atoms with E-state index >= 15 is 0 Å². The Bertz CT molecular complexity index is 1740. The number of piperazine rings is 1. The lowest BCUT2D eigenvalue weighted by Gasteiger charge is -2.34. The van der Waals surface area contributed by atoms with E-state index in [0.29, 0.717) is 56.5 Å². The zero-order valence-electron chi connectivity index (χ0n) is 23.4. The number of hydrogen-bond donors (Lipinski definition) is 2. The summed E-state index contributed by atoms with van der Waals surface area (Å²) in [4.78, 5) is 36.0. The summed E-state index contributed by atoms with van der Waals surface area (Å²) in [5.74, 6) is 0.0132. The summed E-state index contributed by atoms with van der Waals surface area (Å²) in [6, 6.07) is 4.90. The van der Waals surface area contributed by atoms with Crippen LogP contribution in [-0.2, 0) is 41.7 Å². The maximum absolute atomic E-state index is 14.0. The van der Waals surface area contributed by atoms with Gasteiger partial charge in [0.1, 0.15) is 12.2 Å². The molecule has 15 heteroatoms. The summed E-state index contributed by atoms with van der Waals surface area (Å²) in [7, 11) is 0. The average molecular weight is 636 g/mol. The van der Waals surface area contributed by atoms with Crippen LogP contribution < -0.4 is 21.1 Å². The Morgan fingerprint density at radius 1 is 1.30 bits per heavy atom. The normalized spacial score (nSPS) is 17.3. The number of ether oxygens (including phenoxy) is 1. The van der Waals surface area contributed by atoms with Crippen molar-refractivity contribution in [2.45, 2.75) is 52.1 Å². The number of fused-ring (bicyclic) bond motifs is 2. The van der Waals surface area contributed by atoms with Crippen LogP contribution in [0.25, 0.3) is 16.5 Å². The smallest absolute Gasteiger partial charge is 0.376 e. The number of carbonyl (C=O) groups is 1. The van der Waals surface area contributed by atoms with E-state index in [9.17, 15) is 22.8 Å². The van der Waals surface area contributed by atoms with E-state index in [-0.39, 0.29) is 34.6 Å². The molecule has 2 N–H and O–H groups in total. The van der Waals surface area contributed by atoms with Crippen LogP contribution in [0.5, 0.6) is 0 Å². The molecule has 2 aliphatic rings. The monoisotopic (exact) mass is 635 g/mol. The minimum atomic E-state index is -4.57. The first-order valence-corrected chi connectivity index (χ1v) is 15.1. The molecular formula is C28H29ClF3N7O3S. The molecule has 0 spiro atoms. The van der Waals surface area contributed by atoms with Gasteiger partial charge in [0, 0.05) is 30.6 Å². The van der Waals surface area contributed by atoms with Crippen molar-refractivity contribution in [2.75, 3.05) is 36.5 Å². The third-order valence-electron chi connectivity index (χ3n) is 7.58. The Hall–Kier alpha value is -3.46. The van der Waals surface area contributed by atoms with Gasteiger partial charge >= 0.3 is 6.18 Å². The minimum absolute atomic E-state index is 0.0412. The summed E-state index contributed by atoms with van der Waals surface area (Å²) >= 11 is 7.61. The van der Waals surface area contributed by atoms with E-state index in [2.05, 4.69) is 15.7 Å². The number of thiophene rings is 1. The first-order chi connectivity index (χ1) is 20.5. The lowest BCUT2D eigenvalue weighted by molar-refractivity contribution is -0.137. The number of amides is 1. The number of halogens is 4. The molecule has 3 aromatic heterocycles. The van der Waals surface area contributed by atoms with Crippen molar-refractivity contribution in [3.05, 3.63) is 61.3 Å². The van der Waals surface area contributed by atoms with E-state index < -0.39 is 17.6 Å². The molecule has 6 rings (SSSR count). The minimum Gasteiger partial charge on any atom is -0.376 e. The predicted octanol–water partition coefficient (Wildman–Crippen LogP) is 4.36. The van der Waals surface area contributed by atoms with Gasteiger partial charge in [0.2, 0.25) is 11.7 Å². The number of nitrogens with zero attached hydrogens (tertiary/aromatic N) is 5. The zero-order chi connectivity index (χ0) is 30.5. The van der Waals surface area contributed by atoms with Crippen LogP contribution in [-0.4, -0.2) is 57.4 Å². The summed E-state index contributed by atoms with van der Waals surface area (Å²) < 4.78 is 47.8. The van der Waals surface area contributed by atoms with Crippen LogP contribution in [0.1, 0.15) is 35.5 Å². The second kappa shape index (κ2) is 11.6. The number of aromatic nitrogens is 4. The Morgan fingerprint density at radius 2 is 2.12 bits per heavy atom. The highest BCUT2D eigenvalue weighted by atomic mass is 35.5. The molecule has 0 radical (unpaired) electrons. The molecule has 0 aliphatic carbocycles. The highest BCUT2D eigenvalue weighted by Crippen LogP contribution is 2.35. The van der Waals surface area contributed by atoms with E-state index in [1.807, 2.05) is 24.8 Å². The van der Waals surface area contributed by atoms with Crippen LogP contribution in [0.3, 0.4) is 0 Å². The molecule has 2 aliphatic heterocycles. The van der Waals surface area contributed by atoms with E-state index in [1.54, 1.807) is 4.57 Å². The second-order valence-corrected chi connectivity index (χ2v) is 12.1. The van der Waals surface area contributed by atoms with Crippen molar-refractivity contribution in [1.82, 2.24) is 24.5 Å². The molecule has 0 unspecified atom stereocenters. The van der Waals surface area contributed by atoms with Crippen LogP contribution in [0.15, 0.2) is 29.1 Å². The number of benzene rings is 1. The fourth-order valence-corrected chi connectivity index (χ4v) is 6.86. The van der Waals surface area contributed by atoms with E-state index in [4.69, 9.17) is 21.3 Å². The third-order valence-corrected chi connectivity index (χ3v) is 9.04. The van der Waals surface area contributed by atoms with Crippen molar-refractivity contribution in [1.29, 1.82) is 0 Å². The van der Waals surface area contributed by atoms with Crippen LogP contribution in [0, 0.1) is 0 Å². The maximum atomic E-state index is 14.0. The maximum Gasteiger partial charge on any atom is 0.416 e. The number of alkyl halides is 3. The molecule has 5 heterocycles. The van der Waals surface area contributed by atoms with Gasteiger partial charge in [-0.25, -0.2) is 0 Å². The number of rotatable bonds is 6. The highest BCUT2D eigenvalue weighted by molar-refractivity contribution is 7.15. The summed E-state index contributed by atoms with van der Waals surface area (Å²) in [6.45, 7) is 6.66. The SMILES string of the molecule is CCc1c(N2CCN[C@H](C)C2)c(=O)n2nc(-c3cc4c(s3)COCC4)nc2n1CC(=O)Nc1ccc(C(F)(F)F)cc1Cl. The third kappa shape index (κ3) is 5.76. The molecule has 1 saturated heterocycles. The van der Waals surface area contributed by atoms with Gasteiger partial charge in [-0.2, -0.15) is 22.7 Å². The fraction of sp³-hybridized carbons (Fsp3) is 0.429. The van der Waals surface area contributed by atoms with Crippen LogP contribution >= 0.6 is 22.9 Å². The zero-order valence-corrected chi connectivity index (χ0v) is 25.0. The average Bonchev–Trinajstić information content (AvgIpc) is 3.60. The Balaban J connectivity index is 1.43. The summed E-state index contributed by atoms with van der Waals surface area (Å²) in [6.07, 6.45) is -3.37. The van der Waals surface area contributed by atoms with Crippen molar-refractivity contribution < 1.29 is 22.7 Å². The quantitative estimate of drug-likeness (QED) is 0.324. The summed E-state index contributed by atoms with van der Waals surface area (Å²) in [5, 5.41) is 10.4. The number of nitrogens with one attached hydrogen (secondary N) is 2. The lowest BCUT2D eigenvalue weighted by Crippen LogP contribution is -2.51. The Morgan fingerprint density at radius 3 is 2.81 bits per heavy atom. The van der Waals surface area contributed by atoms with Gasteiger partial charge in [-0.15, -0.1) is 16.4 Å². The van der Waals surface area contributed by atoms with Gasteiger partial charge in [0.25, 0.3) is 5.56 Å². The van der Waals surface area contributed by atoms with E-state index in [0.717, 1.165) is 39.9 Å². The first kappa shape index (κ1) is 29.6. The van der Waals surface area contributed by atoms with Gasteiger partial charge in [-0.1, -0.05) is 18.5 Å². The number of carbonyl (C=O) groups excluding carboxylic acids is 1. The Kier molecular flexibility index (Phi) is 7.96. The molecule has 43 heavy (non-hydrogen) atoms. The van der Waals surface area contributed by atoms with Crippen molar-refractivity contribution in [3.63, 3.8) is 0 Å². The van der Waals surface area contributed by atoms with Gasteiger partial charge in [0.05, 0.1) is 40.1 Å². The van der Waals surface area contributed by atoms with Gasteiger partial charge in [0.15, 0.2) is 5.82 Å². The highest BCUT2D eigenvalue weighted by Gasteiger charge is 2.31. The predicted molar refractivity (Wildman–Crippen MR) is 158 cm³/mol. The molecule has 1 atom stereocenters. The van der Waals surface area contributed by atoms with Gasteiger partial charge in [-0.05, 0) is 49.6 Å². The van der Waals surface area contributed by atoms with Crippen molar-refractivity contribution >= 4 is 46.0 Å². The standard InChI is InChI=1S/C28H29ClF3N7O3S/c1-3-20-24(37-8-7-33-15(2)12-37)26(41)39-27(35-25(36-39)21-10-16-6-9-42-14-22(16)43-21)38(20)13-23(40)34-19-5-4-17(11-18(19)29)28(30,31)32/h4-5,10-11,15,33H,3,6-9,12-14H2,1-2H3,(H,34,40)/t15-/m1/s1. The Labute approximate surface area is 253 Å². The van der Waals surface area contributed by atoms with Gasteiger partial charge < -0.3 is 24.8 Å². The lowest BCUT2D eigenvalue weighted by atomic mass is 10.1. The largest absolute Gasteiger partial charge is 0.416 e. The molecule has 4 aromatic rings. The molecule has 0 bridgehead atoms. The molecule has 1 aromatic carbocycles. The number of anilines is 2. The van der Waals surface area contributed by atoms with Crippen molar-refractivity contribution in [2.24, 2.45) is 0 Å². The first-order valence-electron chi connectivity index (χ1n) is 13.9. The van der Waals surface area contributed by atoms with Crippen molar-refractivity contribution in [3.8, 4) is 10.7 Å². The van der Waals surface area contributed by atoms with Gasteiger partial charge in [-0.3, -0.25) is 9.59 Å². The summed E-state index contributed by atoms with van der Waals surface area (Å²) in [5.41, 5.74) is 1.01. The molecule has 10 nitrogen and oxygen atoms in total. The molecule has 1 fully saturated rings. The van der Waals surface area contributed by atoms with Crippen LogP contribution in [0.2, 0.25) is 5.02 Å². The topological polar surface area (TPSA) is 106 Å². The molecule has 228 valence electrons. The number of hydrogen-bond acceptors (Lipinski definition) is 8. The fourth-order valence-electron chi connectivity index (χ4n) is 5.55. The molecule has 0 saturated carbocycles. The molecule has 1 amide bonds. The second-order valence-electron chi connectivity index (χ2n) is 10.6.